The standard InChI is InChI=1S/C12H15ClN6O/c1-19(2)12-17-10(13)16-11(18-12)15-7-8-4-5-14-9(6-8)20-3/h4-6H,7H2,1-3H3,(H,15,16,17,18). The van der Waals surface area contributed by atoms with Crippen molar-refractivity contribution < 1.29 is 4.74 Å². The summed E-state index contributed by atoms with van der Waals surface area (Å²) in [5.74, 6) is 1.48. The largest absolute Gasteiger partial charge is 0.481 e. The summed E-state index contributed by atoms with van der Waals surface area (Å²) in [6.45, 7) is 0.534. The lowest BCUT2D eigenvalue weighted by Gasteiger charge is -2.12. The molecule has 20 heavy (non-hydrogen) atoms. The summed E-state index contributed by atoms with van der Waals surface area (Å²) in [6.07, 6.45) is 1.68. The minimum absolute atomic E-state index is 0.151. The minimum Gasteiger partial charge on any atom is -0.481 e. The molecule has 2 aromatic heterocycles. The zero-order valence-corrected chi connectivity index (χ0v) is 12.2. The van der Waals surface area contributed by atoms with E-state index in [1.54, 1.807) is 18.2 Å². The number of anilines is 2. The molecule has 1 N–H and O–H groups in total. The number of rotatable bonds is 5. The Balaban J connectivity index is 2.10. The van der Waals surface area contributed by atoms with Crippen LogP contribution in [0.1, 0.15) is 5.56 Å². The van der Waals surface area contributed by atoms with Crippen LogP contribution in [-0.4, -0.2) is 41.1 Å². The maximum absolute atomic E-state index is 5.86. The molecule has 7 nitrogen and oxygen atoms in total. The van der Waals surface area contributed by atoms with Gasteiger partial charge in [-0.2, -0.15) is 15.0 Å². The lowest BCUT2D eigenvalue weighted by atomic mass is 10.2. The highest BCUT2D eigenvalue weighted by molar-refractivity contribution is 6.28. The quantitative estimate of drug-likeness (QED) is 0.897. The number of ether oxygens (including phenoxy) is 1. The molecule has 106 valence electrons. The highest BCUT2D eigenvalue weighted by Gasteiger charge is 2.06. The molecule has 0 saturated heterocycles. The van der Waals surface area contributed by atoms with Crippen molar-refractivity contribution >= 4 is 23.5 Å². The molecule has 0 fully saturated rings. The predicted molar refractivity (Wildman–Crippen MR) is 77.3 cm³/mol. The van der Waals surface area contributed by atoms with Gasteiger partial charge >= 0.3 is 0 Å². The van der Waals surface area contributed by atoms with Crippen LogP contribution in [0.5, 0.6) is 5.88 Å². The Hall–Kier alpha value is -2.15. The van der Waals surface area contributed by atoms with Crippen molar-refractivity contribution in [3.63, 3.8) is 0 Å². The molecule has 0 aliphatic rings. The van der Waals surface area contributed by atoms with Gasteiger partial charge in [0.05, 0.1) is 7.11 Å². The van der Waals surface area contributed by atoms with Gasteiger partial charge in [-0.05, 0) is 23.2 Å². The van der Waals surface area contributed by atoms with Crippen LogP contribution in [0, 0.1) is 0 Å². The Morgan fingerprint density at radius 1 is 1.30 bits per heavy atom. The van der Waals surface area contributed by atoms with Crippen LogP contribution in [-0.2, 0) is 6.54 Å². The highest BCUT2D eigenvalue weighted by atomic mass is 35.5. The van der Waals surface area contributed by atoms with Gasteiger partial charge in [0.25, 0.3) is 0 Å². The fraction of sp³-hybridized carbons (Fsp3) is 0.333. The van der Waals surface area contributed by atoms with Crippen LogP contribution in [0.2, 0.25) is 5.28 Å². The van der Waals surface area contributed by atoms with E-state index in [-0.39, 0.29) is 5.28 Å². The van der Waals surface area contributed by atoms with Gasteiger partial charge in [0, 0.05) is 32.9 Å². The van der Waals surface area contributed by atoms with E-state index in [0.29, 0.717) is 24.3 Å². The molecule has 0 bridgehead atoms. The molecule has 0 aliphatic heterocycles. The second-order valence-electron chi connectivity index (χ2n) is 4.18. The van der Waals surface area contributed by atoms with Gasteiger partial charge in [-0.1, -0.05) is 0 Å². The normalized spacial score (nSPS) is 10.2. The second kappa shape index (κ2) is 6.33. The van der Waals surface area contributed by atoms with Crippen molar-refractivity contribution in [1.82, 2.24) is 19.9 Å². The lowest BCUT2D eigenvalue weighted by molar-refractivity contribution is 0.397. The molecule has 0 saturated carbocycles. The average Bonchev–Trinajstić information content (AvgIpc) is 2.44. The Labute approximate surface area is 122 Å². The molecule has 0 aliphatic carbocycles. The highest BCUT2D eigenvalue weighted by Crippen LogP contribution is 2.13. The number of nitrogens with one attached hydrogen (secondary N) is 1. The smallest absolute Gasteiger partial charge is 0.230 e. The van der Waals surface area contributed by atoms with Gasteiger partial charge in [0.1, 0.15) is 0 Å². The summed E-state index contributed by atoms with van der Waals surface area (Å²) >= 11 is 5.86. The first-order chi connectivity index (χ1) is 9.58. The number of halogens is 1. The Bertz CT molecular complexity index is 592. The van der Waals surface area contributed by atoms with Gasteiger partial charge in [0.15, 0.2) is 0 Å². The second-order valence-corrected chi connectivity index (χ2v) is 4.52. The van der Waals surface area contributed by atoms with Crippen molar-refractivity contribution in [1.29, 1.82) is 0 Å². The molecule has 0 spiro atoms. The number of pyridine rings is 1. The van der Waals surface area contributed by atoms with Crippen LogP contribution in [0.4, 0.5) is 11.9 Å². The molecule has 8 heteroatoms. The maximum atomic E-state index is 5.86. The monoisotopic (exact) mass is 294 g/mol. The van der Waals surface area contributed by atoms with Crippen LogP contribution in [0.25, 0.3) is 0 Å². The van der Waals surface area contributed by atoms with E-state index >= 15 is 0 Å². The average molecular weight is 295 g/mol. The van der Waals surface area contributed by atoms with Crippen LogP contribution < -0.4 is 15.0 Å². The van der Waals surface area contributed by atoms with Crippen LogP contribution in [0.15, 0.2) is 18.3 Å². The first kappa shape index (κ1) is 14.3. The van der Waals surface area contributed by atoms with Crippen molar-refractivity contribution in [2.75, 3.05) is 31.4 Å². The van der Waals surface area contributed by atoms with Gasteiger partial charge in [-0.25, -0.2) is 4.98 Å². The van der Waals surface area contributed by atoms with Crippen molar-refractivity contribution in [3.8, 4) is 5.88 Å². The van der Waals surface area contributed by atoms with E-state index in [4.69, 9.17) is 16.3 Å². The van der Waals surface area contributed by atoms with Crippen LogP contribution in [0.3, 0.4) is 0 Å². The predicted octanol–water partition coefficient (Wildman–Crippen LogP) is 1.61. The number of aromatic nitrogens is 4. The first-order valence-corrected chi connectivity index (χ1v) is 6.28. The molecule has 0 radical (unpaired) electrons. The Kier molecular flexibility index (Phi) is 4.52. The SMILES string of the molecule is COc1cc(CNc2nc(Cl)nc(N(C)C)n2)ccn1. The summed E-state index contributed by atoms with van der Waals surface area (Å²) in [7, 11) is 5.25. The van der Waals surface area contributed by atoms with Crippen molar-refractivity contribution in [3.05, 3.63) is 29.2 Å². The number of methoxy groups -OCH3 is 1. The van der Waals surface area contributed by atoms with E-state index < -0.39 is 0 Å². The number of nitrogens with zero attached hydrogens (tertiary/aromatic N) is 5. The lowest BCUT2D eigenvalue weighted by Crippen LogP contribution is -2.15. The number of hydrogen-bond acceptors (Lipinski definition) is 7. The molecular formula is C12H15ClN6O. The third kappa shape index (κ3) is 3.67. The van der Waals surface area contributed by atoms with E-state index in [9.17, 15) is 0 Å². The topological polar surface area (TPSA) is 76.1 Å². The Morgan fingerprint density at radius 3 is 2.80 bits per heavy atom. The fourth-order valence-electron chi connectivity index (χ4n) is 1.47. The fourth-order valence-corrected chi connectivity index (χ4v) is 1.63. The summed E-state index contributed by atoms with van der Waals surface area (Å²) in [5, 5.41) is 3.24. The molecule has 0 atom stereocenters. The summed E-state index contributed by atoms with van der Waals surface area (Å²) < 4.78 is 5.07. The van der Waals surface area contributed by atoms with E-state index in [2.05, 4.69) is 25.3 Å². The Morgan fingerprint density at radius 2 is 2.10 bits per heavy atom. The molecular weight excluding hydrogens is 280 g/mol. The summed E-state index contributed by atoms with van der Waals surface area (Å²) in [4.78, 5) is 18.1. The molecule has 0 aromatic carbocycles. The van der Waals surface area contributed by atoms with E-state index in [1.807, 2.05) is 26.2 Å². The molecule has 0 unspecified atom stereocenters. The van der Waals surface area contributed by atoms with Gasteiger partial charge < -0.3 is 15.0 Å². The molecule has 2 aromatic rings. The maximum Gasteiger partial charge on any atom is 0.230 e. The summed E-state index contributed by atoms with van der Waals surface area (Å²) in [6, 6.07) is 3.72. The summed E-state index contributed by atoms with van der Waals surface area (Å²) in [5.41, 5.74) is 1.000. The molecule has 2 rings (SSSR count). The van der Waals surface area contributed by atoms with Gasteiger partial charge in [0.2, 0.25) is 23.1 Å². The van der Waals surface area contributed by atoms with E-state index in [1.165, 1.54) is 0 Å². The third-order valence-electron chi connectivity index (χ3n) is 2.46. The van der Waals surface area contributed by atoms with Gasteiger partial charge in [-0.15, -0.1) is 0 Å². The zero-order valence-electron chi connectivity index (χ0n) is 11.5. The molecule has 0 amide bonds. The van der Waals surface area contributed by atoms with Crippen molar-refractivity contribution in [2.45, 2.75) is 6.54 Å². The minimum atomic E-state index is 0.151. The van der Waals surface area contributed by atoms with Crippen molar-refractivity contribution in [2.24, 2.45) is 0 Å². The first-order valence-electron chi connectivity index (χ1n) is 5.90. The van der Waals surface area contributed by atoms with E-state index in [0.717, 1.165) is 5.56 Å². The number of hydrogen-bond donors (Lipinski definition) is 1. The molecule has 2 heterocycles. The third-order valence-corrected chi connectivity index (χ3v) is 2.62. The van der Waals surface area contributed by atoms with Crippen LogP contribution >= 0.6 is 11.6 Å². The zero-order chi connectivity index (χ0) is 14.5. The van der Waals surface area contributed by atoms with Gasteiger partial charge in [-0.3, -0.25) is 0 Å².